The van der Waals surface area contributed by atoms with E-state index in [9.17, 15) is 24.8 Å². The number of benzene rings is 1. The Morgan fingerprint density at radius 3 is 2.28 bits per heavy atom. The maximum absolute atomic E-state index is 12.6. The third-order valence-corrected chi connectivity index (χ3v) is 4.17. The fraction of sp³-hybridized carbons (Fsp3) is 0.200. The third-order valence-electron chi connectivity index (χ3n) is 4.17. The lowest BCUT2D eigenvalue weighted by Crippen LogP contribution is -2.45. The van der Waals surface area contributed by atoms with Crippen LogP contribution in [0.5, 0.6) is 17.2 Å². The second kappa shape index (κ2) is 8.75. The van der Waals surface area contributed by atoms with Crippen molar-refractivity contribution in [3.05, 3.63) is 46.6 Å². The Bertz CT molecular complexity index is 987. The van der Waals surface area contributed by atoms with E-state index in [0.29, 0.717) is 10.5 Å². The maximum atomic E-state index is 12.6. The van der Waals surface area contributed by atoms with Gasteiger partial charge in [-0.3, -0.25) is 19.3 Å². The van der Waals surface area contributed by atoms with Gasteiger partial charge in [-0.15, -0.1) is 0 Å². The van der Waals surface area contributed by atoms with Crippen LogP contribution in [0.3, 0.4) is 0 Å². The highest BCUT2D eigenvalue weighted by molar-refractivity contribution is 6.19. The topological polar surface area (TPSA) is 137 Å². The van der Waals surface area contributed by atoms with Crippen LogP contribution in [-0.2, 0) is 14.4 Å². The average Bonchev–Trinajstić information content (AvgIpc) is 2.69. The van der Waals surface area contributed by atoms with Gasteiger partial charge in [-0.05, 0) is 36.3 Å². The lowest BCUT2D eigenvalue weighted by molar-refractivity contribution is -0.149. The number of amides is 2. The number of aliphatic carboxylic acids is 1. The van der Waals surface area contributed by atoms with Crippen molar-refractivity contribution >= 4 is 23.9 Å². The number of carbonyl (C=O) groups excluding carboxylic acids is 2. The Labute approximate surface area is 166 Å². The molecule has 0 aromatic heterocycles. The van der Waals surface area contributed by atoms with Crippen molar-refractivity contribution in [2.24, 2.45) is 0 Å². The SMILES string of the molecule is COc1cc(/C=C/C=C2\C(=O)N(CC(=O)O)C(=O)C(C#N)=C2C)cc(OC)c1O. The molecule has 1 heterocycles. The fourth-order valence-corrected chi connectivity index (χ4v) is 2.70. The van der Waals surface area contributed by atoms with E-state index in [2.05, 4.69) is 0 Å². The number of hydrogen-bond acceptors (Lipinski definition) is 7. The number of carbonyl (C=O) groups is 3. The maximum Gasteiger partial charge on any atom is 0.323 e. The van der Waals surface area contributed by atoms with Gasteiger partial charge in [0, 0.05) is 5.57 Å². The second-order valence-corrected chi connectivity index (χ2v) is 5.92. The Morgan fingerprint density at radius 2 is 1.79 bits per heavy atom. The zero-order valence-electron chi connectivity index (χ0n) is 15.9. The standard InChI is InChI=1S/C20H18N2O7/c1-11-13(19(26)22(10-17(23)24)20(27)14(11)9-21)6-4-5-12-7-15(28-2)18(25)16(8-12)29-3/h4-8,25H,10H2,1-3H3,(H,23,24)/b5-4+,13-6-. The van der Waals surface area contributed by atoms with E-state index in [1.807, 2.05) is 0 Å². The number of phenolic OH excluding ortho intramolecular Hbond substituents is 1. The van der Waals surface area contributed by atoms with Gasteiger partial charge in [0.2, 0.25) is 5.75 Å². The predicted molar refractivity (Wildman–Crippen MR) is 101 cm³/mol. The minimum absolute atomic E-state index is 0.0244. The lowest BCUT2D eigenvalue weighted by atomic mass is 9.95. The number of phenols is 1. The summed E-state index contributed by atoms with van der Waals surface area (Å²) < 4.78 is 10.1. The van der Waals surface area contributed by atoms with E-state index >= 15 is 0 Å². The van der Waals surface area contributed by atoms with Crippen LogP contribution in [0.1, 0.15) is 12.5 Å². The molecule has 0 saturated carbocycles. The average molecular weight is 398 g/mol. The highest BCUT2D eigenvalue weighted by atomic mass is 16.5. The van der Waals surface area contributed by atoms with E-state index in [1.54, 1.807) is 24.3 Å². The van der Waals surface area contributed by atoms with Crippen LogP contribution in [0.15, 0.2) is 41.0 Å². The molecule has 1 aliphatic heterocycles. The van der Waals surface area contributed by atoms with Crippen molar-refractivity contribution in [3.8, 4) is 23.3 Å². The fourth-order valence-electron chi connectivity index (χ4n) is 2.70. The smallest absolute Gasteiger partial charge is 0.323 e. The van der Waals surface area contributed by atoms with Crippen molar-refractivity contribution in [3.63, 3.8) is 0 Å². The second-order valence-electron chi connectivity index (χ2n) is 5.92. The molecule has 0 bridgehead atoms. The summed E-state index contributed by atoms with van der Waals surface area (Å²) in [5, 5.41) is 28.1. The molecule has 0 spiro atoms. The minimum atomic E-state index is -1.37. The number of aromatic hydroxyl groups is 1. The van der Waals surface area contributed by atoms with Crippen molar-refractivity contribution < 1.29 is 34.1 Å². The van der Waals surface area contributed by atoms with Gasteiger partial charge in [0.15, 0.2) is 11.5 Å². The van der Waals surface area contributed by atoms with E-state index in [0.717, 1.165) is 0 Å². The zero-order valence-corrected chi connectivity index (χ0v) is 15.9. The van der Waals surface area contributed by atoms with Crippen molar-refractivity contribution in [1.29, 1.82) is 5.26 Å². The van der Waals surface area contributed by atoms with E-state index < -0.39 is 24.3 Å². The number of carboxylic acids is 1. The number of ether oxygens (including phenoxy) is 2. The van der Waals surface area contributed by atoms with Gasteiger partial charge >= 0.3 is 5.97 Å². The van der Waals surface area contributed by atoms with Crippen LogP contribution in [0.25, 0.3) is 6.08 Å². The third kappa shape index (κ3) is 4.27. The van der Waals surface area contributed by atoms with Crippen LogP contribution < -0.4 is 9.47 Å². The van der Waals surface area contributed by atoms with Gasteiger partial charge in [0.05, 0.1) is 14.2 Å². The van der Waals surface area contributed by atoms with Gasteiger partial charge in [-0.25, -0.2) is 0 Å². The van der Waals surface area contributed by atoms with Gasteiger partial charge in [0.25, 0.3) is 11.8 Å². The molecule has 29 heavy (non-hydrogen) atoms. The molecule has 0 fully saturated rings. The van der Waals surface area contributed by atoms with Crippen LogP contribution in [0.2, 0.25) is 0 Å². The van der Waals surface area contributed by atoms with E-state index in [1.165, 1.54) is 33.3 Å². The summed E-state index contributed by atoms with van der Waals surface area (Å²) >= 11 is 0. The number of carboxylic acid groups (broad SMARTS) is 1. The van der Waals surface area contributed by atoms with Gasteiger partial charge in [0.1, 0.15) is 18.2 Å². The Morgan fingerprint density at radius 1 is 1.21 bits per heavy atom. The normalized spacial score (nSPS) is 15.8. The molecule has 9 heteroatoms. The van der Waals surface area contributed by atoms with Crippen molar-refractivity contribution in [2.75, 3.05) is 20.8 Å². The van der Waals surface area contributed by atoms with E-state index in [4.69, 9.17) is 14.6 Å². The first-order valence-electron chi connectivity index (χ1n) is 8.27. The summed E-state index contributed by atoms with van der Waals surface area (Å²) in [6.07, 6.45) is 4.45. The largest absolute Gasteiger partial charge is 0.502 e. The zero-order chi connectivity index (χ0) is 21.7. The molecule has 1 aromatic rings. The highest BCUT2D eigenvalue weighted by Gasteiger charge is 2.36. The van der Waals surface area contributed by atoms with Gasteiger partial charge in [-0.2, -0.15) is 5.26 Å². The number of methoxy groups -OCH3 is 2. The molecule has 0 saturated heterocycles. The summed E-state index contributed by atoms with van der Waals surface area (Å²) in [6, 6.07) is 4.80. The molecule has 0 aliphatic carbocycles. The van der Waals surface area contributed by atoms with Crippen molar-refractivity contribution in [2.45, 2.75) is 6.92 Å². The highest BCUT2D eigenvalue weighted by Crippen LogP contribution is 2.37. The monoisotopic (exact) mass is 398 g/mol. The molecule has 1 aliphatic rings. The molecule has 0 atom stereocenters. The quantitative estimate of drug-likeness (QED) is 0.545. The molecule has 2 N–H and O–H groups in total. The van der Waals surface area contributed by atoms with Crippen LogP contribution >= 0.6 is 0 Å². The summed E-state index contributed by atoms with van der Waals surface area (Å²) in [5.41, 5.74) is 0.474. The summed E-state index contributed by atoms with van der Waals surface area (Å²) in [4.78, 5) is 36.2. The molecule has 1 aromatic carbocycles. The van der Waals surface area contributed by atoms with Crippen molar-refractivity contribution in [1.82, 2.24) is 4.90 Å². The van der Waals surface area contributed by atoms with Gasteiger partial charge in [-0.1, -0.05) is 12.2 Å². The number of rotatable bonds is 6. The number of hydrogen-bond donors (Lipinski definition) is 2. The molecule has 9 nitrogen and oxygen atoms in total. The van der Waals surface area contributed by atoms with Crippen LogP contribution in [0.4, 0.5) is 0 Å². The summed E-state index contributed by atoms with van der Waals surface area (Å²) in [7, 11) is 2.77. The minimum Gasteiger partial charge on any atom is -0.502 e. The molecule has 150 valence electrons. The molecular formula is C20H18N2O7. The molecule has 0 unspecified atom stereocenters. The first-order valence-corrected chi connectivity index (χ1v) is 8.27. The Hall–Kier alpha value is -4.06. The molecule has 2 amide bonds. The summed E-state index contributed by atoms with van der Waals surface area (Å²) in [6.45, 7) is 0.599. The van der Waals surface area contributed by atoms with Crippen LogP contribution in [-0.4, -0.2) is 53.7 Å². The first kappa shape index (κ1) is 21.2. The first-order chi connectivity index (χ1) is 13.7. The summed E-state index contributed by atoms with van der Waals surface area (Å²) in [5.74, 6) is -2.90. The number of imide groups is 1. The Kier molecular flexibility index (Phi) is 6.41. The molecule has 0 radical (unpaired) electrons. The number of nitriles is 1. The number of allylic oxidation sites excluding steroid dienone is 2. The predicted octanol–water partition coefficient (Wildman–Crippen LogP) is 1.64. The van der Waals surface area contributed by atoms with Gasteiger partial charge < -0.3 is 19.7 Å². The lowest BCUT2D eigenvalue weighted by Gasteiger charge is -2.25. The molecule has 2 rings (SSSR count). The number of nitrogens with zero attached hydrogens (tertiary/aromatic N) is 2. The molecular weight excluding hydrogens is 380 g/mol. The van der Waals surface area contributed by atoms with E-state index in [-0.39, 0.29) is 34.0 Å². The van der Waals surface area contributed by atoms with Crippen LogP contribution in [0, 0.1) is 11.3 Å². The Balaban J connectivity index is 2.46.